The Bertz CT molecular complexity index is 535. The second-order valence-corrected chi connectivity index (χ2v) is 6.52. The lowest BCUT2D eigenvalue weighted by Gasteiger charge is -2.42. The van der Waals surface area contributed by atoms with Crippen LogP contribution in [0.3, 0.4) is 0 Å². The summed E-state index contributed by atoms with van der Waals surface area (Å²) in [4.78, 5) is 15.7. The number of hydrogen-bond acceptors (Lipinski definition) is 6. The van der Waals surface area contributed by atoms with E-state index in [0.29, 0.717) is 25.3 Å². The van der Waals surface area contributed by atoms with Crippen molar-refractivity contribution < 1.29 is 14.6 Å². The molecule has 7 nitrogen and oxygen atoms in total. The molecule has 22 heavy (non-hydrogen) atoms. The van der Waals surface area contributed by atoms with E-state index in [9.17, 15) is 9.90 Å². The van der Waals surface area contributed by atoms with Crippen molar-refractivity contribution in [2.45, 2.75) is 32.4 Å². The molecule has 1 aliphatic rings. The molecule has 0 spiro atoms. The van der Waals surface area contributed by atoms with E-state index in [4.69, 9.17) is 16.3 Å². The Balaban J connectivity index is 2.09. The molecule has 1 fully saturated rings. The number of piperazine rings is 1. The smallest absolute Gasteiger partial charge is 0.410 e. The Kier molecular flexibility index (Phi) is 5.08. The van der Waals surface area contributed by atoms with Gasteiger partial charge in [0.2, 0.25) is 0 Å². The first-order valence-electron chi connectivity index (χ1n) is 7.14. The summed E-state index contributed by atoms with van der Waals surface area (Å²) in [5.74, 6) is 0. The quantitative estimate of drug-likeness (QED) is 0.887. The van der Waals surface area contributed by atoms with E-state index >= 15 is 0 Å². The van der Waals surface area contributed by atoms with Crippen molar-refractivity contribution in [2.75, 3.05) is 31.1 Å². The van der Waals surface area contributed by atoms with Crippen LogP contribution in [0.5, 0.6) is 0 Å². The fourth-order valence-corrected chi connectivity index (χ4v) is 2.56. The van der Waals surface area contributed by atoms with Crippen LogP contribution in [0.2, 0.25) is 5.15 Å². The van der Waals surface area contributed by atoms with Gasteiger partial charge in [0, 0.05) is 19.6 Å². The first-order valence-corrected chi connectivity index (χ1v) is 7.52. The summed E-state index contributed by atoms with van der Waals surface area (Å²) in [5, 5.41) is 17.5. The fraction of sp³-hybridized carbons (Fsp3) is 0.643. The molecule has 0 unspecified atom stereocenters. The van der Waals surface area contributed by atoms with Gasteiger partial charge in [-0.1, -0.05) is 11.6 Å². The van der Waals surface area contributed by atoms with Crippen molar-refractivity contribution in [3.8, 4) is 0 Å². The average Bonchev–Trinajstić information content (AvgIpc) is 2.45. The number of carbonyl (C=O) groups is 1. The predicted octanol–water partition coefficient (Wildman–Crippen LogP) is 1.55. The molecule has 0 saturated carbocycles. The molecule has 8 heteroatoms. The molecule has 0 bridgehead atoms. The third-order valence-electron chi connectivity index (χ3n) is 3.31. The molecule has 1 aliphatic heterocycles. The van der Waals surface area contributed by atoms with Gasteiger partial charge in [-0.05, 0) is 26.8 Å². The Morgan fingerprint density at radius 3 is 2.82 bits per heavy atom. The molecule has 2 rings (SSSR count). The summed E-state index contributed by atoms with van der Waals surface area (Å²) >= 11 is 6.06. The van der Waals surface area contributed by atoms with Crippen LogP contribution < -0.4 is 4.90 Å². The third-order valence-corrected chi connectivity index (χ3v) is 3.58. The van der Waals surface area contributed by atoms with Crippen LogP contribution in [0, 0.1) is 0 Å². The maximum Gasteiger partial charge on any atom is 0.410 e. The SMILES string of the molecule is CC(C)(C)OC(=O)N1CCN(c2ccnnc2Cl)[C@@H](CO)C1. The van der Waals surface area contributed by atoms with E-state index in [1.807, 2.05) is 25.7 Å². The van der Waals surface area contributed by atoms with Crippen LogP contribution >= 0.6 is 11.6 Å². The van der Waals surface area contributed by atoms with Crippen molar-refractivity contribution in [3.05, 3.63) is 17.4 Å². The fourth-order valence-electron chi connectivity index (χ4n) is 2.34. The highest BCUT2D eigenvalue weighted by molar-refractivity contribution is 6.31. The molecule has 0 aliphatic carbocycles. The number of ether oxygens (including phenoxy) is 1. The standard InChI is InChI=1S/C14H21ClN4O3/c1-14(2,3)22-13(21)18-6-7-19(10(8-18)9-20)11-4-5-16-17-12(11)15/h4-5,10,20H,6-9H2,1-3H3/t10-/m1/s1. The van der Waals surface area contributed by atoms with Crippen LogP contribution in [0.15, 0.2) is 12.3 Å². The maximum atomic E-state index is 12.1. The second-order valence-electron chi connectivity index (χ2n) is 6.16. The van der Waals surface area contributed by atoms with Gasteiger partial charge in [0.25, 0.3) is 0 Å². The van der Waals surface area contributed by atoms with Crippen molar-refractivity contribution in [2.24, 2.45) is 0 Å². The lowest BCUT2D eigenvalue weighted by atomic mass is 10.1. The number of carbonyl (C=O) groups excluding carboxylic acids is 1. The Labute approximate surface area is 134 Å². The van der Waals surface area contributed by atoms with Gasteiger partial charge < -0.3 is 19.6 Å². The number of aromatic nitrogens is 2. The summed E-state index contributed by atoms with van der Waals surface area (Å²) in [7, 11) is 0. The molecule has 1 atom stereocenters. The number of aliphatic hydroxyl groups is 1. The number of rotatable bonds is 2. The van der Waals surface area contributed by atoms with E-state index in [0.717, 1.165) is 0 Å². The van der Waals surface area contributed by atoms with Gasteiger partial charge in [0.1, 0.15) is 5.60 Å². The molecule has 1 aromatic heterocycles. The van der Waals surface area contributed by atoms with Gasteiger partial charge in [-0.3, -0.25) is 0 Å². The average molecular weight is 329 g/mol. The maximum absolute atomic E-state index is 12.1. The van der Waals surface area contributed by atoms with Gasteiger partial charge in [-0.15, -0.1) is 5.10 Å². The third kappa shape index (κ3) is 3.98. The molecule has 1 amide bonds. The summed E-state index contributed by atoms with van der Waals surface area (Å²) in [6, 6.07) is 1.49. The highest BCUT2D eigenvalue weighted by atomic mass is 35.5. The molecule has 1 aromatic rings. The molecule has 1 N–H and O–H groups in total. The molecule has 122 valence electrons. The number of aliphatic hydroxyl groups excluding tert-OH is 1. The van der Waals surface area contributed by atoms with Crippen LogP contribution in [-0.4, -0.2) is 64.2 Å². The first-order chi connectivity index (χ1) is 10.3. The molecule has 0 radical (unpaired) electrons. The van der Waals surface area contributed by atoms with Crippen molar-refractivity contribution in [3.63, 3.8) is 0 Å². The van der Waals surface area contributed by atoms with Crippen LogP contribution in [0.25, 0.3) is 0 Å². The molecular weight excluding hydrogens is 308 g/mol. The van der Waals surface area contributed by atoms with E-state index < -0.39 is 5.60 Å². The monoisotopic (exact) mass is 328 g/mol. The molecule has 1 saturated heterocycles. The lowest BCUT2D eigenvalue weighted by molar-refractivity contribution is 0.0197. The van der Waals surface area contributed by atoms with Gasteiger partial charge in [-0.25, -0.2) is 4.79 Å². The summed E-state index contributed by atoms with van der Waals surface area (Å²) in [6.45, 7) is 6.77. The Hall–Kier alpha value is -1.60. The van der Waals surface area contributed by atoms with E-state index in [1.165, 1.54) is 0 Å². The highest BCUT2D eigenvalue weighted by Crippen LogP contribution is 2.26. The summed E-state index contributed by atoms with van der Waals surface area (Å²) in [5.41, 5.74) is 0.168. The summed E-state index contributed by atoms with van der Waals surface area (Å²) in [6.07, 6.45) is 1.18. The lowest BCUT2D eigenvalue weighted by Crippen LogP contribution is -2.57. The topological polar surface area (TPSA) is 78.8 Å². The van der Waals surface area contributed by atoms with Crippen molar-refractivity contribution in [1.29, 1.82) is 0 Å². The number of hydrogen-bond donors (Lipinski definition) is 1. The zero-order chi connectivity index (χ0) is 16.3. The zero-order valence-corrected chi connectivity index (χ0v) is 13.7. The van der Waals surface area contributed by atoms with Gasteiger partial charge >= 0.3 is 6.09 Å². The Morgan fingerprint density at radius 1 is 1.50 bits per heavy atom. The second kappa shape index (κ2) is 6.66. The zero-order valence-electron chi connectivity index (χ0n) is 13.0. The minimum Gasteiger partial charge on any atom is -0.444 e. The number of nitrogens with zero attached hydrogens (tertiary/aromatic N) is 4. The van der Waals surface area contributed by atoms with Crippen LogP contribution in [-0.2, 0) is 4.74 Å². The van der Waals surface area contributed by atoms with Gasteiger partial charge in [0.05, 0.1) is 24.5 Å². The number of amides is 1. The minimum absolute atomic E-state index is 0.0993. The van der Waals surface area contributed by atoms with E-state index in [1.54, 1.807) is 17.2 Å². The predicted molar refractivity (Wildman–Crippen MR) is 83.1 cm³/mol. The van der Waals surface area contributed by atoms with Gasteiger partial charge in [-0.2, -0.15) is 5.10 Å². The number of anilines is 1. The van der Waals surface area contributed by atoms with Crippen LogP contribution in [0.4, 0.5) is 10.5 Å². The first kappa shape index (κ1) is 16.8. The van der Waals surface area contributed by atoms with Crippen LogP contribution in [0.1, 0.15) is 20.8 Å². The minimum atomic E-state index is -0.540. The van der Waals surface area contributed by atoms with E-state index in [2.05, 4.69) is 10.2 Å². The van der Waals surface area contributed by atoms with E-state index in [-0.39, 0.29) is 23.9 Å². The van der Waals surface area contributed by atoms with Gasteiger partial charge in [0.15, 0.2) is 5.15 Å². The normalized spacial score (nSPS) is 19.2. The molecule has 0 aromatic carbocycles. The van der Waals surface area contributed by atoms with Crippen molar-refractivity contribution in [1.82, 2.24) is 15.1 Å². The highest BCUT2D eigenvalue weighted by Gasteiger charge is 2.32. The van der Waals surface area contributed by atoms with Crippen molar-refractivity contribution >= 4 is 23.4 Å². The summed E-state index contributed by atoms with van der Waals surface area (Å²) < 4.78 is 5.37. The number of halogens is 1. The Morgan fingerprint density at radius 2 is 2.23 bits per heavy atom. The molecular formula is C14H21ClN4O3. The molecule has 2 heterocycles. The largest absolute Gasteiger partial charge is 0.444 e.